The van der Waals surface area contributed by atoms with E-state index in [0.29, 0.717) is 13.0 Å². The van der Waals surface area contributed by atoms with Gasteiger partial charge in [-0.25, -0.2) is 0 Å². The predicted octanol–water partition coefficient (Wildman–Crippen LogP) is 1.78. The fraction of sp³-hybridized carbons (Fsp3) is 0.364. The molecule has 1 aromatic carbocycles. The Morgan fingerprint density at radius 2 is 2.53 bits per heavy atom. The van der Waals surface area contributed by atoms with E-state index in [1.165, 1.54) is 0 Å². The molecule has 1 atom stereocenters. The van der Waals surface area contributed by atoms with Crippen molar-refractivity contribution in [2.24, 2.45) is 0 Å². The molecular weight excluding hydrogens is 192 g/mol. The van der Waals surface area contributed by atoms with Gasteiger partial charge in [-0.15, -0.1) is 0 Å². The monoisotopic (exact) mass is 204 g/mol. The molecule has 4 heteroatoms. The number of rotatable bonds is 2. The lowest BCUT2D eigenvalue weighted by Gasteiger charge is -2.26. The highest BCUT2D eigenvalue weighted by Crippen LogP contribution is 2.32. The molecule has 1 aromatic rings. The summed E-state index contributed by atoms with van der Waals surface area (Å²) in [6.45, 7) is 0.535. The lowest BCUT2D eigenvalue weighted by molar-refractivity contribution is 0.285. The molecule has 0 radical (unpaired) electrons. The molecule has 0 bridgehead atoms. The molecule has 0 saturated heterocycles. The normalized spacial score (nSPS) is 18.0. The van der Waals surface area contributed by atoms with Gasteiger partial charge in [0.1, 0.15) is 18.1 Å². The first-order chi connectivity index (χ1) is 7.33. The van der Waals surface area contributed by atoms with Crippen molar-refractivity contribution in [3.8, 4) is 17.6 Å². The molecule has 0 amide bonds. The van der Waals surface area contributed by atoms with Gasteiger partial charge in [-0.1, -0.05) is 0 Å². The van der Waals surface area contributed by atoms with Crippen molar-refractivity contribution < 1.29 is 9.47 Å². The van der Waals surface area contributed by atoms with Crippen molar-refractivity contribution >= 4 is 5.69 Å². The third-order valence-corrected chi connectivity index (χ3v) is 2.32. The second-order valence-corrected chi connectivity index (χ2v) is 3.38. The lowest BCUT2D eigenvalue weighted by atomic mass is 10.1. The molecule has 0 fully saturated rings. The number of nitrogens with zero attached hydrogens (tertiary/aromatic N) is 1. The highest BCUT2D eigenvalue weighted by molar-refractivity contribution is 5.61. The standard InChI is InChI=1S/C11H12N2O2/c1-14-9-2-3-11-10(6-9)13-8(4-5-12)7-15-11/h2-3,6,8,13H,4,7H2,1H3. The van der Waals surface area contributed by atoms with E-state index in [4.69, 9.17) is 14.7 Å². The Hall–Kier alpha value is -1.89. The summed E-state index contributed by atoms with van der Waals surface area (Å²) in [6.07, 6.45) is 0.441. The van der Waals surface area contributed by atoms with Crippen molar-refractivity contribution in [2.75, 3.05) is 19.0 Å². The summed E-state index contributed by atoms with van der Waals surface area (Å²) in [5.41, 5.74) is 0.890. The Kier molecular flexibility index (Phi) is 2.64. The molecule has 0 aromatic heterocycles. The first-order valence-corrected chi connectivity index (χ1v) is 4.78. The molecule has 78 valence electrons. The topological polar surface area (TPSA) is 54.3 Å². The van der Waals surface area contributed by atoms with E-state index in [1.54, 1.807) is 7.11 Å². The van der Waals surface area contributed by atoms with Crippen LogP contribution < -0.4 is 14.8 Å². The molecule has 0 spiro atoms. The van der Waals surface area contributed by atoms with Gasteiger partial charge in [-0.2, -0.15) is 5.26 Å². The molecule has 0 aliphatic carbocycles. The van der Waals surface area contributed by atoms with Gasteiger partial charge in [-0.3, -0.25) is 0 Å². The number of anilines is 1. The maximum absolute atomic E-state index is 8.60. The number of nitrogens with one attached hydrogen (secondary N) is 1. The minimum Gasteiger partial charge on any atom is -0.497 e. The van der Waals surface area contributed by atoms with Gasteiger partial charge in [0.25, 0.3) is 0 Å². The van der Waals surface area contributed by atoms with Crippen LogP contribution in [0.1, 0.15) is 6.42 Å². The van der Waals surface area contributed by atoms with Crippen LogP contribution >= 0.6 is 0 Å². The zero-order valence-corrected chi connectivity index (χ0v) is 8.49. The zero-order valence-electron chi connectivity index (χ0n) is 8.49. The molecule has 15 heavy (non-hydrogen) atoms. The summed E-state index contributed by atoms with van der Waals surface area (Å²) >= 11 is 0. The summed E-state index contributed by atoms with van der Waals surface area (Å²) in [4.78, 5) is 0. The molecule has 2 rings (SSSR count). The van der Waals surface area contributed by atoms with Crippen molar-refractivity contribution in [2.45, 2.75) is 12.5 Å². The van der Waals surface area contributed by atoms with E-state index in [1.807, 2.05) is 18.2 Å². The largest absolute Gasteiger partial charge is 0.497 e. The van der Waals surface area contributed by atoms with Gasteiger partial charge in [0.15, 0.2) is 0 Å². The van der Waals surface area contributed by atoms with E-state index in [0.717, 1.165) is 17.2 Å². The third kappa shape index (κ3) is 1.96. The lowest BCUT2D eigenvalue weighted by Crippen LogP contribution is -2.30. The van der Waals surface area contributed by atoms with Crippen LogP contribution in [-0.2, 0) is 0 Å². The van der Waals surface area contributed by atoms with Crippen molar-refractivity contribution in [3.05, 3.63) is 18.2 Å². The van der Waals surface area contributed by atoms with Gasteiger partial charge >= 0.3 is 0 Å². The number of fused-ring (bicyclic) bond motifs is 1. The average Bonchev–Trinajstić information content (AvgIpc) is 2.28. The predicted molar refractivity (Wildman–Crippen MR) is 56.1 cm³/mol. The Bertz CT molecular complexity index is 398. The fourth-order valence-corrected chi connectivity index (χ4v) is 1.55. The summed E-state index contributed by atoms with van der Waals surface area (Å²) < 4.78 is 10.6. The zero-order chi connectivity index (χ0) is 10.7. The van der Waals surface area contributed by atoms with Crippen LogP contribution in [0.15, 0.2) is 18.2 Å². The first kappa shape index (κ1) is 9.66. The maximum Gasteiger partial charge on any atom is 0.142 e. The first-order valence-electron chi connectivity index (χ1n) is 4.78. The summed E-state index contributed by atoms with van der Waals surface area (Å²) in [7, 11) is 1.62. The van der Waals surface area contributed by atoms with Crippen molar-refractivity contribution in [1.29, 1.82) is 5.26 Å². The Balaban J connectivity index is 2.20. The van der Waals surface area contributed by atoms with Crippen LogP contribution in [0.3, 0.4) is 0 Å². The molecule has 1 aliphatic heterocycles. The number of hydrogen-bond donors (Lipinski definition) is 1. The van der Waals surface area contributed by atoms with Gasteiger partial charge in [0, 0.05) is 6.07 Å². The smallest absolute Gasteiger partial charge is 0.142 e. The fourth-order valence-electron chi connectivity index (χ4n) is 1.55. The molecule has 1 heterocycles. The number of ether oxygens (including phenoxy) is 2. The molecule has 4 nitrogen and oxygen atoms in total. The Morgan fingerprint density at radius 1 is 1.67 bits per heavy atom. The highest BCUT2D eigenvalue weighted by Gasteiger charge is 2.18. The summed E-state index contributed by atoms with van der Waals surface area (Å²) in [5.74, 6) is 1.59. The van der Waals surface area contributed by atoms with Crippen molar-refractivity contribution in [1.82, 2.24) is 0 Å². The van der Waals surface area contributed by atoms with Crippen molar-refractivity contribution in [3.63, 3.8) is 0 Å². The summed E-state index contributed by atoms with van der Waals surface area (Å²) in [5, 5.41) is 11.8. The van der Waals surface area contributed by atoms with Crippen LogP contribution in [0.2, 0.25) is 0 Å². The Morgan fingerprint density at radius 3 is 3.27 bits per heavy atom. The van der Waals surface area contributed by atoms with Gasteiger partial charge < -0.3 is 14.8 Å². The van der Waals surface area contributed by atoms with Crippen LogP contribution in [0.25, 0.3) is 0 Å². The minimum absolute atomic E-state index is 0.0645. The molecule has 0 saturated carbocycles. The van der Waals surface area contributed by atoms with E-state index in [9.17, 15) is 0 Å². The van der Waals surface area contributed by atoms with E-state index < -0.39 is 0 Å². The van der Waals surface area contributed by atoms with Gasteiger partial charge in [0.05, 0.1) is 31.3 Å². The minimum atomic E-state index is 0.0645. The number of hydrogen-bond acceptors (Lipinski definition) is 4. The van der Waals surface area contributed by atoms with Crippen LogP contribution in [0, 0.1) is 11.3 Å². The quantitative estimate of drug-likeness (QED) is 0.797. The van der Waals surface area contributed by atoms with Crippen LogP contribution in [0.4, 0.5) is 5.69 Å². The van der Waals surface area contributed by atoms with Gasteiger partial charge in [-0.05, 0) is 12.1 Å². The molecule has 1 aliphatic rings. The Labute approximate surface area is 88.4 Å². The third-order valence-electron chi connectivity index (χ3n) is 2.32. The van der Waals surface area contributed by atoms with Crippen LogP contribution in [-0.4, -0.2) is 19.8 Å². The SMILES string of the molecule is COc1ccc2c(c1)NC(CC#N)CO2. The number of nitriles is 1. The molecule has 1 unspecified atom stereocenters. The molecular formula is C11H12N2O2. The maximum atomic E-state index is 8.60. The molecule has 1 N–H and O–H groups in total. The second-order valence-electron chi connectivity index (χ2n) is 3.38. The van der Waals surface area contributed by atoms with Crippen LogP contribution in [0.5, 0.6) is 11.5 Å². The van der Waals surface area contributed by atoms with E-state index >= 15 is 0 Å². The van der Waals surface area contributed by atoms with E-state index in [-0.39, 0.29) is 6.04 Å². The number of benzene rings is 1. The van der Waals surface area contributed by atoms with Gasteiger partial charge in [0.2, 0.25) is 0 Å². The van der Waals surface area contributed by atoms with E-state index in [2.05, 4.69) is 11.4 Å². The average molecular weight is 204 g/mol. The highest BCUT2D eigenvalue weighted by atomic mass is 16.5. The summed E-state index contributed by atoms with van der Waals surface area (Å²) in [6, 6.07) is 7.78. The number of methoxy groups -OCH3 is 1. The second kappa shape index (κ2) is 4.09.